The van der Waals surface area contributed by atoms with Crippen LogP contribution in [-0.4, -0.2) is 43.9 Å². The molecule has 1 atom stereocenters. The summed E-state index contributed by atoms with van der Waals surface area (Å²) in [6.07, 6.45) is 3.76. The van der Waals surface area contributed by atoms with E-state index in [0.29, 0.717) is 11.4 Å². The van der Waals surface area contributed by atoms with Crippen LogP contribution in [0.3, 0.4) is 0 Å². The van der Waals surface area contributed by atoms with Gasteiger partial charge in [-0.2, -0.15) is 0 Å². The number of aromatic nitrogens is 4. The summed E-state index contributed by atoms with van der Waals surface area (Å²) in [5.41, 5.74) is 3.77. The second-order valence-corrected chi connectivity index (χ2v) is 11.4. The predicted molar refractivity (Wildman–Crippen MR) is 143 cm³/mol. The SMILES string of the molecule is Cc1cc(Cl)cc(-c2ncnc3cc(Cn4c(=O)ccn(C)c4=O)sc23)c1CC1CNCC(C)(C)O1. The van der Waals surface area contributed by atoms with Gasteiger partial charge in [0.05, 0.1) is 34.2 Å². The van der Waals surface area contributed by atoms with E-state index in [9.17, 15) is 9.59 Å². The van der Waals surface area contributed by atoms with Crippen molar-refractivity contribution in [2.45, 2.75) is 45.4 Å². The zero-order chi connectivity index (χ0) is 25.6. The fraction of sp³-hybridized carbons (Fsp3) is 0.385. The van der Waals surface area contributed by atoms with Crippen LogP contribution in [0.5, 0.6) is 0 Å². The summed E-state index contributed by atoms with van der Waals surface area (Å²) in [5, 5.41) is 4.11. The van der Waals surface area contributed by atoms with Gasteiger partial charge in [0.1, 0.15) is 6.33 Å². The minimum absolute atomic E-state index is 0.0183. The highest BCUT2D eigenvalue weighted by molar-refractivity contribution is 7.19. The molecule has 0 aliphatic carbocycles. The van der Waals surface area contributed by atoms with Gasteiger partial charge in [0.2, 0.25) is 0 Å². The van der Waals surface area contributed by atoms with E-state index in [0.717, 1.165) is 50.6 Å². The molecule has 5 rings (SSSR count). The van der Waals surface area contributed by atoms with Gasteiger partial charge in [0, 0.05) is 54.3 Å². The fourth-order valence-electron chi connectivity index (χ4n) is 4.75. The molecule has 1 aliphatic rings. The Labute approximate surface area is 217 Å². The molecule has 1 aromatic carbocycles. The standard InChI is InChI=1S/C26H28ClN5O3S/c1-15-7-16(27)8-20(19(15)9-17-11-28-13-26(2,3)35-17)23-24-21(29-14-30-23)10-18(36-24)12-32-22(33)5-6-31(4)25(32)34/h5-8,10,14,17,28H,9,11-13H2,1-4H3. The molecule has 4 aromatic rings. The number of aryl methyl sites for hydroxylation is 2. The molecular formula is C26H28ClN5O3S. The van der Waals surface area contributed by atoms with Crippen LogP contribution in [0.25, 0.3) is 21.5 Å². The molecule has 0 spiro atoms. The maximum atomic E-state index is 12.5. The van der Waals surface area contributed by atoms with Crippen LogP contribution in [0.1, 0.15) is 29.9 Å². The van der Waals surface area contributed by atoms with Gasteiger partial charge in [0.25, 0.3) is 5.56 Å². The van der Waals surface area contributed by atoms with Gasteiger partial charge >= 0.3 is 5.69 Å². The van der Waals surface area contributed by atoms with E-state index in [2.05, 4.69) is 36.1 Å². The van der Waals surface area contributed by atoms with Crippen molar-refractivity contribution in [2.24, 2.45) is 7.05 Å². The third-order valence-electron chi connectivity index (χ3n) is 6.45. The number of rotatable bonds is 5. The molecule has 10 heteroatoms. The fourth-order valence-corrected chi connectivity index (χ4v) is 6.13. The van der Waals surface area contributed by atoms with Gasteiger partial charge in [-0.05, 0) is 50.1 Å². The topological polar surface area (TPSA) is 91.0 Å². The lowest BCUT2D eigenvalue weighted by molar-refractivity contribution is -0.0928. The number of nitrogens with zero attached hydrogens (tertiary/aromatic N) is 4. The Morgan fingerprint density at radius 3 is 2.83 bits per heavy atom. The van der Waals surface area contributed by atoms with E-state index in [4.69, 9.17) is 16.3 Å². The number of nitrogens with one attached hydrogen (secondary N) is 1. The summed E-state index contributed by atoms with van der Waals surface area (Å²) in [4.78, 5) is 34.8. The predicted octanol–water partition coefficient (Wildman–Crippen LogP) is 3.54. The van der Waals surface area contributed by atoms with Gasteiger partial charge in [0.15, 0.2) is 0 Å². The molecule has 1 fully saturated rings. The highest BCUT2D eigenvalue weighted by Gasteiger charge is 2.29. The van der Waals surface area contributed by atoms with Gasteiger partial charge in [-0.25, -0.2) is 14.8 Å². The third-order valence-corrected chi connectivity index (χ3v) is 7.78. The lowest BCUT2D eigenvalue weighted by atomic mass is 9.93. The summed E-state index contributed by atoms with van der Waals surface area (Å²) < 4.78 is 9.86. The van der Waals surface area contributed by atoms with Crippen LogP contribution in [0.2, 0.25) is 5.02 Å². The highest BCUT2D eigenvalue weighted by atomic mass is 35.5. The van der Waals surface area contributed by atoms with Crippen molar-refractivity contribution in [3.05, 3.63) is 78.7 Å². The van der Waals surface area contributed by atoms with E-state index >= 15 is 0 Å². The molecular weight excluding hydrogens is 498 g/mol. The minimum atomic E-state index is -0.358. The first-order valence-electron chi connectivity index (χ1n) is 11.8. The first-order valence-corrected chi connectivity index (χ1v) is 13.0. The lowest BCUT2D eigenvalue weighted by Crippen LogP contribution is -2.51. The van der Waals surface area contributed by atoms with Crippen molar-refractivity contribution in [3.63, 3.8) is 0 Å². The van der Waals surface area contributed by atoms with Crippen molar-refractivity contribution < 1.29 is 4.74 Å². The summed E-state index contributed by atoms with van der Waals surface area (Å²) in [7, 11) is 1.63. The van der Waals surface area contributed by atoms with Gasteiger partial charge in [-0.1, -0.05) is 11.6 Å². The summed E-state index contributed by atoms with van der Waals surface area (Å²) in [6.45, 7) is 8.00. The molecule has 1 unspecified atom stereocenters. The monoisotopic (exact) mass is 525 g/mol. The molecule has 3 aromatic heterocycles. The minimum Gasteiger partial charge on any atom is -0.369 e. The maximum Gasteiger partial charge on any atom is 0.331 e. The van der Waals surface area contributed by atoms with Crippen molar-refractivity contribution >= 4 is 33.2 Å². The second kappa shape index (κ2) is 9.55. The van der Waals surface area contributed by atoms with Crippen LogP contribution < -0.4 is 16.6 Å². The molecule has 0 bridgehead atoms. The molecule has 0 saturated carbocycles. The Morgan fingerprint density at radius 1 is 1.25 bits per heavy atom. The Balaban J connectivity index is 1.58. The summed E-state index contributed by atoms with van der Waals surface area (Å²) in [5.74, 6) is 0. The zero-order valence-corrected chi connectivity index (χ0v) is 22.2. The first-order chi connectivity index (χ1) is 17.1. The number of ether oxygens (including phenoxy) is 1. The number of hydrogen-bond acceptors (Lipinski definition) is 7. The van der Waals surface area contributed by atoms with Gasteiger partial charge in [-0.3, -0.25) is 9.36 Å². The molecule has 8 nitrogen and oxygen atoms in total. The van der Waals surface area contributed by atoms with Crippen molar-refractivity contribution in [1.29, 1.82) is 0 Å². The van der Waals surface area contributed by atoms with Gasteiger partial charge < -0.3 is 14.6 Å². The van der Waals surface area contributed by atoms with Crippen LogP contribution >= 0.6 is 22.9 Å². The molecule has 4 heterocycles. The zero-order valence-electron chi connectivity index (χ0n) is 20.7. The number of hydrogen-bond donors (Lipinski definition) is 1. The molecule has 1 N–H and O–H groups in total. The number of halogens is 1. The smallest absolute Gasteiger partial charge is 0.331 e. The average Bonchev–Trinajstić information content (AvgIpc) is 3.23. The second-order valence-electron chi connectivity index (χ2n) is 9.87. The number of fused-ring (bicyclic) bond motifs is 1. The molecule has 0 radical (unpaired) electrons. The van der Waals surface area contributed by atoms with E-state index in [1.807, 2.05) is 18.2 Å². The first kappa shape index (κ1) is 24.8. The molecule has 188 valence electrons. The summed E-state index contributed by atoms with van der Waals surface area (Å²) in [6, 6.07) is 7.23. The Bertz CT molecular complexity index is 1570. The maximum absolute atomic E-state index is 12.5. The van der Waals surface area contributed by atoms with E-state index < -0.39 is 0 Å². The van der Waals surface area contributed by atoms with Crippen LogP contribution in [-0.2, 0) is 24.8 Å². The van der Waals surface area contributed by atoms with Crippen molar-refractivity contribution in [1.82, 2.24) is 24.4 Å². The molecule has 1 aliphatic heterocycles. The van der Waals surface area contributed by atoms with Gasteiger partial charge in [-0.15, -0.1) is 11.3 Å². The lowest BCUT2D eigenvalue weighted by Gasteiger charge is -2.37. The van der Waals surface area contributed by atoms with E-state index in [-0.39, 0.29) is 29.5 Å². The largest absolute Gasteiger partial charge is 0.369 e. The molecule has 1 saturated heterocycles. The quantitative estimate of drug-likeness (QED) is 0.428. The van der Waals surface area contributed by atoms with Crippen LogP contribution in [0.4, 0.5) is 0 Å². The van der Waals surface area contributed by atoms with Crippen LogP contribution in [0.15, 0.2) is 46.4 Å². The number of thiophene rings is 1. The normalized spacial score (nSPS) is 17.5. The average molecular weight is 526 g/mol. The highest BCUT2D eigenvalue weighted by Crippen LogP contribution is 2.37. The Kier molecular flexibility index (Phi) is 6.59. The number of benzene rings is 1. The number of morpholine rings is 1. The Hall–Kier alpha value is -2.85. The van der Waals surface area contributed by atoms with Crippen molar-refractivity contribution in [3.8, 4) is 11.3 Å². The van der Waals surface area contributed by atoms with Crippen LogP contribution in [0, 0.1) is 6.92 Å². The van der Waals surface area contributed by atoms with E-state index in [1.54, 1.807) is 13.4 Å². The van der Waals surface area contributed by atoms with Crippen molar-refractivity contribution in [2.75, 3.05) is 13.1 Å². The third kappa shape index (κ3) is 4.88. The summed E-state index contributed by atoms with van der Waals surface area (Å²) >= 11 is 8.00. The molecule has 0 amide bonds. The molecule has 36 heavy (non-hydrogen) atoms. The van der Waals surface area contributed by atoms with E-state index in [1.165, 1.54) is 32.7 Å². The Morgan fingerprint density at radius 2 is 2.06 bits per heavy atom.